The first kappa shape index (κ1) is 24.2. The first-order chi connectivity index (χ1) is 14.9. The van der Waals surface area contributed by atoms with Crippen LogP contribution in [0.5, 0.6) is 11.5 Å². The molecule has 1 aliphatic rings. The largest absolute Gasteiger partial charge is 0.485 e. The summed E-state index contributed by atoms with van der Waals surface area (Å²) in [7, 11) is 0. The quantitative estimate of drug-likeness (QED) is 0.468. The van der Waals surface area contributed by atoms with Crippen molar-refractivity contribution in [2.24, 2.45) is 5.92 Å². The van der Waals surface area contributed by atoms with E-state index in [1.807, 2.05) is 20.8 Å². The second-order valence-corrected chi connectivity index (χ2v) is 9.97. The molecule has 3 rings (SSSR count). The monoisotopic (exact) mass is 438 g/mol. The molecular weight excluding hydrogens is 400 g/mol. The van der Waals surface area contributed by atoms with Crippen LogP contribution in [0.2, 0.25) is 0 Å². The Morgan fingerprint density at radius 3 is 2.44 bits per heavy atom. The SMILES string of the molecule is CC(=O)Oc1c(C)c(C)c2c(c1C)CCC(C)(C(NCC(C)C)c1cc(C)cc(C)n1)O2. The molecule has 5 heteroatoms. The zero-order valence-corrected chi connectivity index (χ0v) is 21.1. The minimum atomic E-state index is -0.457. The number of hydrogen-bond donors (Lipinski definition) is 1. The number of benzene rings is 1. The molecule has 0 radical (unpaired) electrons. The molecule has 0 spiro atoms. The highest BCUT2D eigenvalue weighted by molar-refractivity contribution is 5.72. The van der Waals surface area contributed by atoms with E-state index in [9.17, 15) is 4.79 Å². The number of aromatic nitrogens is 1. The lowest BCUT2D eigenvalue weighted by Gasteiger charge is -2.43. The molecule has 2 heterocycles. The molecule has 2 atom stereocenters. The Kier molecular flexibility index (Phi) is 6.99. The molecule has 0 bridgehead atoms. The summed E-state index contributed by atoms with van der Waals surface area (Å²) < 4.78 is 12.4. The number of carbonyl (C=O) groups excluding carboxylic acids is 1. The van der Waals surface area contributed by atoms with Gasteiger partial charge >= 0.3 is 5.97 Å². The zero-order chi connectivity index (χ0) is 23.8. The summed E-state index contributed by atoms with van der Waals surface area (Å²) in [4.78, 5) is 16.6. The molecule has 0 amide bonds. The van der Waals surface area contributed by atoms with Crippen molar-refractivity contribution in [3.05, 3.63) is 51.3 Å². The van der Waals surface area contributed by atoms with Crippen LogP contribution >= 0.6 is 0 Å². The highest BCUT2D eigenvalue weighted by Gasteiger charge is 2.42. The highest BCUT2D eigenvalue weighted by Crippen LogP contribution is 2.46. The molecule has 0 saturated heterocycles. The number of aryl methyl sites for hydroxylation is 2. The third kappa shape index (κ3) is 4.83. The first-order valence-corrected chi connectivity index (χ1v) is 11.6. The normalized spacial score (nSPS) is 18.8. The Labute approximate surface area is 192 Å². The zero-order valence-electron chi connectivity index (χ0n) is 21.1. The Balaban J connectivity index is 2.07. The third-order valence-corrected chi connectivity index (χ3v) is 6.52. The molecular formula is C27H38N2O3. The lowest BCUT2D eigenvalue weighted by molar-refractivity contribution is -0.132. The van der Waals surface area contributed by atoms with Crippen molar-refractivity contribution in [2.75, 3.05) is 6.54 Å². The summed E-state index contributed by atoms with van der Waals surface area (Å²) in [6.45, 7) is 19.2. The second kappa shape index (κ2) is 9.22. The van der Waals surface area contributed by atoms with Crippen LogP contribution in [-0.4, -0.2) is 23.1 Å². The van der Waals surface area contributed by atoms with Crippen molar-refractivity contribution >= 4 is 5.97 Å². The van der Waals surface area contributed by atoms with E-state index < -0.39 is 5.60 Å². The van der Waals surface area contributed by atoms with E-state index in [-0.39, 0.29) is 12.0 Å². The molecule has 32 heavy (non-hydrogen) atoms. The van der Waals surface area contributed by atoms with Gasteiger partial charge in [0.25, 0.3) is 0 Å². The molecule has 5 nitrogen and oxygen atoms in total. The molecule has 1 aliphatic heterocycles. The standard InChI is InChI=1S/C27H38N2O3/c1-15(2)14-28-26(23-13-16(3)12-17(4)29-23)27(9)11-10-22-20(7)24(31-21(8)30)18(5)19(6)25(22)32-27/h12-13,15,26,28H,10-11,14H2,1-9H3. The van der Waals surface area contributed by atoms with E-state index in [1.54, 1.807) is 0 Å². The lowest BCUT2D eigenvalue weighted by Crippen LogP contribution is -2.49. The molecule has 0 aliphatic carbocycles. The number of rotatable bonds is 6. The van der Waals surface area contributed by atoms with Crippen molar-refractivity contribution in [2.45, 2.75) is 86.8 Å². The van der Waals surface area contributed by atoms with Crippen LogP contribution in [0.25, 0.3) is 0 Å². The predicted molar refractivity (Wildman–Crippen MR) is 129 cm³/mol. The fraction of sp³-hybridized carbons (Fsp3) is 0.556. The van der Waals surface area contributed by atoms with Crippen molar-refractivity contribution < 1.29 is 14.3 Å². The van der Waals surface area contributed by atoms with Gasteiger partial charge in [-0.05, 0) is 101 Å². The van der Waals surface area contributed by atoms with E-state index >= 15 is 0 Å². The summed E-state index contributed by atoms with van der Waals surface area (Å²) in [6.07, 6.45) is 1.70. The van der Waals surface area contributed by atoms with E-state index in [1.165, 1.54) is 12.5 Å². The number of carbonyl (C=O) groups is 1. The minimum Gasteiger partial charge on any atom is -0.485 e. The molecule has 1 aromatic carbocycles. The van der Waals surface area contributed by atoms with Crippen LogP contribution in [0.4, 0.5) is 0 Å². The Morgan fingerprint density at radius 1 is 1.16 bits per heavy atom. The topological polar surface area (TPSA) is 60.5 Å². The van der Waals surface area contributed by atoms with Crippen molar-refractivity contribution in [3.63, 3.8) is 0 Å². The number of hydrogen-bond acceptors (Lipinski definition) is 5. The summed E-state index contributed by atoms with van der Waals surface area (Å²) in [5.74, 6) is 1.81. The van der Waals surface area contributed by atoms with Gasteiger partial charge in [0, 0.05) is 18.2 Å². The molecule has 2 aromatic rings. The van der Waals surface area contributed by atoms with Gasteiger partial charge in [0.2, 0.25) is 0 Å². The van der Waals surface area contributed by atoms with Gasteiger partial charge in [0.15, 0.2) is 0 Å². The summed E-state index contributed by atoms with van der Waals surface area (Å²) >= 11 is 0. The van der Waals surface area contributed by atoms with Gasteiger partial charge in [-0.3, -0.25) is 9.78 Å². The lowest BCUT2D eigenvalue weighted by atomic mass is 9.81. The fourth-order valence-corrected chi connectivity index (χ4v) is 4.76. The van der Waals surface area contributed by atoms with Crippen LogP contribution in [0.15, 0.2) is 12.1 Å². The average Bonchev–Trinajstić information content (AvgIpc) is 2.68. The molecule has 1 aromatic heterocycles. The Morgan fingerprint density at radius 2 is 1.84 bits per heavy atom. The smallest absolute Gasteiger partial charge is 0.308 e. The van der Waals surface area contributed by atoms with Gasteiger partial charge in [0.1, 0.15) is 17.1 Å². The van der Waals surface area contributed by atoms with Crippen molar-refractivity contribution in [1.82, 2.24) is 10.3 Å². The van der Waals surface area contributed by atoms with Gasteiger partial charge in [-0.1, -0.05) is 13.8 Å². The van der Waals surface area contributed by atoms with Gasteiger partial charge in [-0.25, -0.2) is 0 Å². The molecule has 0 fully saturated rings. The number of nitrogens with one attached hydrogen (secondary N) is 1. The number of nitrogens with zero attached hydrogens (tertiary/aromatic N) is 1. The van der Waals surface area contributed by atoms with Crippen LogP contribution in [0, 0.1) is 40.5 Å². The Hall–Kier alpha value is -2.40. The summed E-state index contributed by atoms with van der Waals surface area (Å²) in [5, 5.41) is 3.76. The van der Waals surface area contributed by atoms with E-state index in [0.717, 1.165) is 58.8 Å². The fourth-order valence-electron chi connectivity index (χ4n) is 4.76. The third-order valence-electron chi connectivity index (χ3n) is 6.52. The summed E-state index contributed by atoms with van der Waals surface area (Å²) in [6, 6.07) is 4.24. The van der Waals surface area contributed by atoms with E-state index in [4.69, 9.17) is 14.5 Å². The molecule has 0 saturated carbocycles. The van der Waals surface area contributed by atoms with Gasteiger partial charge < -0.3 is 14.8 Å². The molecule has 2 unspecified atom stereocenters. The Bertz CT molecular complexity index is 1010. The van der Waals surface area contributed by atoms with Gasteiger partial charge in [-0.2, -0.15) is 0 Å². The maximum Gasteiger partial charge on any atom is 0.308 e. The molecule has 1 N–H and O–H groups in total. The summed E-state index contributed by atoms with van der Waals surface area (Å²) in [5.41, 5.74) is 6.91. The first-order valence-electron chi connectivity index (χ1n) is 11.6. The maximum absolute atomic E-state index is 11.7. The minimum absolute atomic E-state index is 0.0372. The van der Waals surface area contributed by atoms with E-state index in [0.29, 0.717) is 11.7 Å². The number of pyridine rings is 1. The number of fused-ring (bicyclic) bond motifs is 1. The van der Waals surface area contributed by atoms with Crippen LogP contribution in [0.3, 0.4) is 0 Å². The molecule has 174 valence electrons. The van der Waals surface area contributed by atoms with Crippen molar-refractivity contribution in [1.29, 1.82) is 0 Å². The number of ether oxygens (including phenoxy) is 2. The second-order valence-electron chi connectivity index (χ2n) is 9.97. The van der Waals surface area contributed by atoms with Gasteiger partial charge in [-0.15, -0.1) is 0 Å². The maximum atomic E-state index is 11.7. The van der Waals surface area contributed by atoms with Gasteiger partial charge in [0.05, 0.1) is 11.7 Å². The number of esters is 1. The van der Waals surface area contributed by atoms with Crippen LogP contribution < -0.4 is 14.8 Å². The highest BCUT2D eigenvalue weighted by atomic mass is 16.5. The van der Waals surface area contributed by atoms with Crippen molar-refractivity contribution in [3.8, 4) is 11.5 Å². The van der Waals surface area contributed by atoms with E-state index in [2.05, 4.69) is 52.1 Å². The predicted octanol–water partition coefficient (Wildman–Crippen LogP) is 5.62. The van der Waals surface area contributed by atoms with Crippen LogP contribution in [-0.2, 0) is 11.2 Å². The van der Waals surface area contributed by atoms with Crippen LogP contribution in [0.1, 0.15) is 79.4 Å². The average molecular weight is 439 g/mol.